The molecule has 0 aliphatic carbocycles. The summed E-state index contributed by atoms with van der Waals surface area (Å²) in [5.41, 5.74) is 1.51. The number of nitrogens with one attached hydrogen (secondary N) is 1. The minimum Gasteiger partial charge on any atom is -0.354 e. The highest BCUT2D eigenvalue weighted by Gasteiger charge is 2.26. The fraction of sp³-hybridized carbons (Fsp3) is 0.391. The largest absolute Gasteiger partial charge is 0.354 e. The molecule has 0 saturated heterocycles. The highest BCUT2D eigenvalue weighted by Crippen LogP contribution is 2.18. The lowest BCUT2D eigenvalue weighted by Gasteiger charge is -2.29. The van der Waals surface area contributed by atoms with E-state index in [1.54, 1.807) is 30.0 Å². The van der Waals surface area contributed by atoms with Crippen LogP contribution in [0.25, 0.3) is 0 Å². The Morgan fingerprint density at radius 1 is 1.10 bits per heavy atom. The van der Waals surface area contributed by atoms with Crippen LogP contribution in [0, 0.1) is 11.7 Å². The molecule has 2 amide bonds. The third-order valence-corrected chi connectivity index (χ3v) is 6.05. The first-order valence-electron chi connectivity index (χ1n) is 9.90. The van der Waals surface area contributed by atoms with Crippen LogP contribution in [-0.2, 0) is 21.9 Å². The Morgan fingerprint density at radius 2 is 1.77 bits per heavy atom. The molecule has 30 heavy (non-hydrogen) atoms. The Labute approximate surface area is 190 Å². The normalized spacial score (nSPS) is 11.9. The number of rotatable bonds is 10. The molecule has 2 aromatic rings. The van der Waals surface area contributed by atoms with Gasteiger partial charge in [-0.25, -0.2) is 4.39 Å². The second-order valence-corrected chi connectivity index (χ2v) is 9.45. The molecule has 1 atom stereocenters. The maximum Gasteiger partial charge on any atom is 0.242 e. The third kappa shape index (κ3) is 7.76. The fourth-order valence-electron chi connectivity index (χ4n) is 2.77. The van der Waals surface area contributed by atoms with Gasteiger partial charge in [0.25, 0.3) is 0 Å². The molecule has 0 fully saturated rings. The quantitative estimate of drug-likeness (QED) is 0.504. The summed E-state index contributed by atoms with van der Waals surface area (Å²) in [5.74, 6) is 0.309. The van der Waals surface area contributed by atoms with E-state index in [2.05, 4.69) is 21.2 Å². The topological polar surface area (TPSA) is 49.4 Å². The van der Waals surface area contributed by atoms with Crippen molar-refractivity contribution in [3.8, 4) is 0 Å². The van der Waals surface area contributed by atoms with Crippen molar-refractivity contribution in [1.82, 2.24) is 10.2 Å². The van der Waals surface area contributed by atoms with Crippen LogP contribution < -0.4 is 5.32 Å². The van der Waals surface area contributed by atoms with Crippen molar-refractivity contribution in [1.29, 1.82) is 0 Å². The maximum absolute atomic E-state index is 13.8. The van der Waals surface area contributed by atoms with E-state index in [9.17, 15) is 14.0 Å². The minimum absolute atomic E-state index is 0.147. The Morgan fingerprint density at radius 3 is 2.40 bits per heavy atom. The predicted octanol–water partition coefficient (Wildman–Crippen LogP) is 5.01. The van der Waals surface area contributed by atoms with E-state index in [0.717, 1.165) is 10.0 Å². The molecular formula is C23H28BrFN2O2S. The van der Waals surface area contributed by atoms with Crippen molar-refractivity contribution < 1.29 is 14.0 Å². The van der Waals surface area contributed by atoms with Crippen LogP contribution in [0.15, 0.2) is 53.0 Å². The van der Waals surface area contributed by atoms with Crippen molar-refractivity contribution in [2.24, 2.45) is 5.92 Å². The molecule has 2 aromatic carbocycles. The number of carbonyl (C=O) groups excluding carboxylic acids is 2. The average molecular weight is 495 g/mol. The van der Waals surface area contributed by atoms with E-state index >= 15 is 0 Å². The second-order valence-electron chi connectivity index (χ2n) is 7.55. The summed E-state index contributed by atoms with van der Waals surface area (Å²) in [6, 6.07) is 13.6. The Kier molecular flexibility index (Phi) is 9.85. The fourth-order valence-corrected chi connectivity index (χ4v) is 3.93. The zero-order valence-electron chi connectivity index (χ0n) is 17.5. The van der Waals surface area contributed by atoms with Crippen LogP contribution >= 0.6 is 27.7 Å². The van der Waals surface area contributed by atoms with Crippen LogP contribution in [0.3, 0.4) is 0 Å². The van der Waals surface area contributed by atoms with Crippen LogP contribution in [0.1, 0.15) is 31.9 Å². The number of carbonyl (C=O) groups is 2. The standard InChI is InChI=1S/C23H28BrFN2O2S/c1-16(2)12-26-23(29)17(3)27(13-18-8-10-20(24)11-9-18)22(28)15-30-14-19-6-4-5-7-21(19)25/h4-11,16-17H,12-15H2,1-3H3,(H,26,29)/t17-/m1/s1. The first kappa shape index (κ1) is 24.4. The molecular weight excluding hydrogens is 467 g/mol. The van der Waals surface area contributed by atoms with E-state index in [1.165, 1.54) is 17.8 Å². The van der Waals surface area contributed by atoms with Gasteiger partial charge in [0.2, 0.25) is 11.8 Å². The summed E-state index contributed by atoms with van der Waals surface area (Å²) >= 11 is 4.76. The molecule has 0 heterocycles. The SMILES string of the molecule is CC(C)CNC(=O)[C@@H](C)N(Cc1ccc(Br)cc1)C(=O)CSCc1ccccc1F. The number of hydrogen-bond donors (Lipinski definition) is 1. The van der Waals surface area contributed by atoms with Gasteiger partial charge in [0.15, 0.2) is 0 Å². The van der Waals surface area contributed by atoms with Crippen molar-refractivity contribution in [2.75, 3.05) is 12.3 Å². The smallest absolute Gasteiger partial charge is 0.242 e. The zero-order valence-corrected chi connectivity index (χ0v) is 19.9. The highest BCUT2D eigenvalue weighted by atomic mass is 79.9. The van der Waals surface area contributed by atoms with Gasteiger partial charge in [-0.15, -0.1) is 11.8 Å². The Bertz CT molecular complexity index is 845. The number of benzene rings is 2. The highest BCUT2D eigenvalue weighted by molar-refractivity contribution is 9.10. The molecule has 0 radical (unpaired) electrons. The maximum atomic E-state index is 13.8. The summed E-state index contributed by atoms with van der Waals surface area (Å²) in [6.07, 6.45) is 0. The molecule has 162 valence electrons. The monoisotopic (exact) mass is 494 g/mol. The van der Waals surface area contributed by atoms with Crippen molar-refractivity contribution in [3.63, 3.8) is 0 Å². The van der Waals surface area contributed by atoms with E-state index in [1.807, 2.05) is 38.1 Å². The van der Waals surface area contributed by atoms with Gasteiger partial charge in [0.05, 0.1) is 5.75 Å². The van der Waals surface area contributed by atoms with Crippen LogP contribution in [0.2, 0.25) is 0 Å². The molecule has 2 rings (SSSR count). The number of hydrogen-bond acceptors (Lipinski definition) is 3. The average Bonchev–Trinajstić information content (AvgIpc) is 2.72. The summed E-state index contributed by atoms with van der Waals surface area (Å²) in [5, 5.41) is 2.90. The van der Waals surface area contributed by atoms with Gasteiger partial charge < -0.3 is 10.2 Å². The van der Waals surface area contributed by atoms with Gasteiger partial charge in [-0.2, -0.15) is 0 Å². The number of halogens is 2. The van der Waals surface area contributed by atoms with Gasteiger partial charge in [-0.3, -0.25) is 9.59 Å². The minimum atomic E-state index is -0.603. The molecule has 0 unspecified atom stereocenters. The number of nitrogens with zero attached hydrogens (tertiary/aromatic N) is 1. The van der Waals surface area contributed by atoms with Crippen molar-refractivity contribution in [3.05, 3.63) is 69.9 Å². The van der Waals surface area contributed by atoms with Crippen LogP contribution in [0.5, 0.6) is 0 Å². The molecule has 0 spiro atoms. The number of thioether (sulfide) groups is 1. The molecule has 0 aliphatic rings. The summed E-state index contributed by atoms with van der Waals surface area (Å²) in [7, 11) is 0. The lowest BCUT2D eigenvalue weighted by atomic mass is 10.1. The van der Waals surface area contributed by atoms with Gasteiger partial charge >= 0.3 is 0 Å². The molecule has 4 nitrogen and oxygen atoms in total. The molecule has 0 bridgehead atoms. The summed E-state index contributed by atoms with van der Waals surface area (Å²) in [6.45, 7) is 6.69. The third-order valence-electron chi connectivity index (χ3n) is 4.56. The van der Waals surface area contributed by atoms with E-state index in [-0.39, 0.29) is 23.4 Å². The molecule has 0 saturated carbocycles. The van der Waals surface area contributed by atoms with Gasteiger partial charge in [-0.1, -0.05) is 60.1 Å². The van der Waals surface area contributed by atoms with Crippen LogP contribution in [-0.4, -0.2) is 35.1 Å². The predicted molar refractivity (Wildman–Crippen MR) is 125 cm³/mol. The summed E-state index contributed by atoms with van der Waals surface area (Å²) < 4.78 is 14.8. The van der Waals surface area contributed by atoms with Gasteiger partial charge in [-0.05, 0) is 42.2 Å². The second kappa shape index (κ2) is 12.1. The number of amides is 2. The Balaban J connectivity index is 2.06. The van der Waals surface area contributed by atoms with Gasteiger partial charge in [0, 0.05) is 23.3 Å². The van der Waals surface area contributed by atoms with E-state index in [0.29, 0.717) is 30.3 Å². The first-order chi connectivity index (χ1) is 14.3. The first-order valence-corrected chi connectivity index (χ1v) is 11.9. The molecule has 0 aliphatic heterocycles. The van der Waals surface area contributed by atoms with Crippen molar-refractivity contribution >= 4 is 39.5 Å². The van der Waals surface area contributed by atoms with Gasteiger partial charge in [0.1, 0.15) is 11.9 Å². The molecule has 0 aromatic heterocycles. The van der Waals surface area contributed by atoms with Crippen molar-refractivity contribution in [2.45, 2.75) is 39.1 Å². The lowest BCUT2D eigenvalue weighted by Crippen LogP contribution is -2.48. The van der Waals surface area contributed by atoms with E-state index < -0.39 is 6.04 Å². The summed E-state index contributed by atoms with van der Waals surface area (Å²) in [4.78, 5) is 27.2. The molecule has 1 N–H and O–H groups in total. The molecule has 7 heteroatoms. The van der Waals surface area contributed by atoms with E-state index in [4.69, 9.17) is 0 Å². The zero-order chi connectivity index (χ0) is 22.1. The Hall–Kier alpha value is -1.86. The van der Waals surface area contributed by atoms with Crippen LogP contribution in [0.4, 0.5) is 4.39 Å². The lowest BCUT2D eigenvalue weighted by molar-refractivity contribution is -0.138.